The summed E-state index contributed by atoms with van der Waals surface area (Å²) in [5.74, 6) is 0.0251. The number of piperidine rings is 1. The van der Waals surface area contributed by atoms with E-state index in [1.54, 1.807) is 4.90 Å². The maximum atomic E-state index is 12.4. The van der Waals surface area contributed by atoms with Crippen molar-refractivity contribution in [1.82, 2.24) is 15.4 Å². The first-order valence-corrected chi connectivity index (χ1v) is 9.06. The third kappa shape index (κ3) is 4.97. The lowest BCUT2D eigenvalue weighted by atomic mass is 9.96. The molecule has 1 fully saturated rings. The van der Waals surface area contributed by atoms with Gasteiger partial charge in [0.05, 0.1) is 11.6 Å². The number of aromatic nitrogens is 1. The Balaban J connectivity index is 1.82. The molecular weight excluding hydrogens is 330 g/mol. The van der Waals surface area contributed by atoms with Gasteiger partial charge in [-0.3, -0.25) is 9.59 Å². The molecule has 134 valence electrons. The Morgan fingerprint density at radius 3 is 2.92 bits per heavy atom. The van der Waals surface area contributed by atoms with Crippen molar-refractivity contribution < 1.29 is 14.1 Å². The topological polar surface area (TPSA) is 75.4 Å². The summed E-state index contributed by atoms with van der Waals surface area (Å²) in [6.45, 7) is 5.84. The van der Waals surface area contributed by atoms with Crippen molar-refractivity contribution in [3.05, 3.63) is 16.5 Å². The molecule has 0 bridgehead atoms. The number of amides is 2. The first kappa shape index (κ1) is 18.8. The van der Waals surface area contributed by atoms with Gasteiger partial charge >= 0.3 is 0 Å². The fraction of sp³-hybridized carbons (Fsp3) is 0.706. The van der Waals surface area contributed by atoms with Gasteiger partial charge in [0.25, 0.3) is 0 Å². The van der Waals surface area contributed by atoms with Crippen LogP contribution in [0, 0.1) is 12.8 Å². The van der Waals surface area contributed by atoms with Crippen LogP contribution in [-0.2, 0) is 16.0 Å². The van der Waals surface area contributed by atoms with E-state index in [0.29, 0.717) is 32.5 Å². The Hall–Kier alpha value is -1.56. The average molecular weight is 356 g/mol. The lowest BCUT2D eigenvalue weighted by Crippen LogP contribution is -2.45. The summed E-state index contributed by atoms with van der Waals surface area (Å²) in [4.78, 5) is 26.4. The van der Waals surface area contributed by atoms with Crippen LogP contribution in [0.2, 0.25) is 5.22 Å². The van der Waals surface area contributed by atoms with Gasteiger partial charge in [-0.25, -0.2) is 0 Å². The minimum absolute atomic E-state index is 0.0534. The Labute approximate surface area is 147 Å². The Morgan fingerprint density at radius 1 is 1.46 bits per heavy atom. The van der Waals surface area contributed by atoms with Crippen molar-refractivity contribution in [3.63, 3.8) is 0 Å². The highest BCUT2D eigenvalue weighted by atomic mass is 35.5. The molecule has 1 N–H and O–H groups in total. The molecule has 1 unspecified atom stereocenters. The number of nitrogens with zero attached hydrogens (tertiary/aromatic N) is 2. The van der Waals surface area contributed by atoms with Crippen LogP contribution < -0.4 is 5.32 Å². The van der Waals surface area contributed by atoms with Gasteiger partial charge in [-0.05, 0) is 44.2 Å². The highest BCUT2D eigenvalue weighted by Crippen LogP contribution is 2.22. The van der Waals surface area contributed by atoms with E-state index in [9.17, 15) is 9.59 Å². The van der Waals surface area contributed by atoms with E-state index in [2.05, 4.69) is 17.4 Å². The molecule has 0 radical (unpaired) electrons. The van der Waals surface area contributed by atoms with Crippen LogP contribution in [0.25, 0.3) is 0 Å². The average Bonchev–Trinajstić information content (AvgIpc) is 2.91. The van der Waals surface area contributed by atoms with E-state index >= 15 is 0 Å². The lowest BCUT2D eigenvalue weighted by molar-refractivity contribution is -0.135. The van der Waals surface area contributed by atoms with Crippen molar-refractivity contribution in [2.75, 3.05) is 19.6 Å². The third-order valence-corrected chi connectivity index (χ3v) is 4.80. The smallest absolute Gasteiger partial charge is 0.229 e. The molecule has 7 heteroatoms. The number of rotatable bonds is 7. The fourth-order valence-electron chi connectivity index (χ4n) is 2.98. The van der Waals surface area contributed by atoms with Crippen molar-refractivity contribution in [2.45, 2.75) is 52.4 Å². The largest absolute Gasteiger partial charge is 0.356 e. The Morgan fingerprint density at radius 2 is 2.25 bits per heavy atom. The van der Waals surface area contributed by atoms with Crippen LogP contribution >= 0.6 is 11.6 Å². The molecule has 1 aliphatic rings. The molecule has 1 aromatic rings. The van der Waals surface area contributed by atoms with E-state index < -0.39 is 0 Å². The summed E-state index contributed by atoms with van der Waals surface area (Å²) in [6, 6.07) is 0. The van der Waals surface area contributed by atoms with E-state index in [-0.39, 0.29) is 23.0 Å². The van der Waals surface area contributed by atoms with Gasteiger partial charge in [-0.15, -0.1) is 0 Å². The predicted molar refractivity (Wildman–Crippen MR) is 91.8 cm³/mol. The molecule has 24 heavy (non-hydrogen) atoms. The zero-order chi connectivity index (χ0) is 17.5. The van der Waals surface area contributed by atoms with E-state index in [1.165, 1.54) is 0 Å². The normalized spacial score (nSPS) is 17.8. The second-order valence-electron chi connectivity index (χ2n) is 6.34. The molecule has 1 atom stereocenters. The van der Waals surface area contributed by atoms with E-state index in [0.717, 1.165) is 36.9 Å². The number of aryl methyl sites for hydroxylation is 1. The number of hydrogen-bond donors (Lipinski definition) is 1. The molecule has 2 heterocycles. The van der Waals surface area contributed by atoms with Crippen molar-refractivity contribution >= 4 is 23.4 Å². The lowest BCUT2D eigenvalue weighted by Gasteiger charge is -2.32. The van der Waals surface area contributed by atoms with E-state index in [4.69, 9.17) is 16.1 Å². The molecule has 2 rings (SSSR count). The van der Waals surface area contributed by atoms with Gasteiger partial charge in [0.1, 0.15) is 0 Å². The molecule has 0 saturated carbocycles. The van der Waals surface area contributed by atoms with Gasteiger partial charge in [-0.1, -0.05) is 18.5 Å². The van der Waals surface area contributed by atoms with Crippen LogP contribution in [0.5, 0.6) is 0 Å². The molecule has 1 aliphatic heterocycles. The van der Waals surface area contributed by atoms with Gasteiger partial charge in [0.2, 0.25) is 17.0 Å². The molecule has 1 saturated heterocycles. The van der Waals surface area contributed by atoms with Crippen LogP contribution in [0.4, 0.5) is 0 Å². The molecule has 6 nitrogen and oxygen atoms in total. The number of hydrogen-bond acceptors (Lipinski definition) is 4. The van der Waals surface area contributed by atoms with Crippen LogP contribution in [-0.4, -0.2) is 41.5 Å². The standard InChI is InChI=1S/C17H26ClN3O3/c1-3-4-9-19-17(23)13-6-5-10-21(11-13)15(22)8-7-14-12(2)20-24-16(14)18/h13H,3-11H2,1-2H3,(H,19,23). The van der Waals surface area contributed by atoms with Crippen LogP contribution in [0.1, 0.15) is 50.3 Å². The predicted octanol–water partition coefficient (Wildman–Crippen LogP) is 2.72. The van der Waals surface area contributed by atoms with E-state index in [1.807, 2.05) is 6.92 Å². The monoisotopic (exact) mass is 355 g/mol. The molecule has 2 amide bonds. The summed E-state index contributed by atoms with van der Waals surface area (Å²) in [6.07, 6.45) is 4.62. The summed E-state index contributed by atoms with van der Waals surface area (Å²) >= 11 is 5.93. The molecular formula is C17H26ClN3O3. The minimum atomic E-state index is -0.0968. The quantitative estimate of drug-likeness (QED) is 0.763. The van der Waals surface area contributed by atoms with Crippen molar-refractivity contribution in [1.29, 1.82) is 0 Å². The Bertz CT molecular complexity index is 554. The number of carbonyl (C=O) groups is 2. The maximum absolute atomic E-state index is 12.4. The molecule has 0 aliphatic carbocycles. The highest BCUT2D eigenvalue weighted by Gasteiger charge is 2.28. The summed E-state index contributed by atoms with van der Waals surface area (Å²) in [5, 5.41) is 7.02. The zero-order valence-corrected chi connectivity index (χ0v) is 15.2. The second kappa shape index (κ2) is 9.06. The number of nitrogens with one attached hydrogen (secondary N) is 1. The van der Waals surface area contributed by atoms with Crippen LogP contribution in [0.3, 0.4) is 0 Å². The summed E-state index contributed by atoms with van der Waals surface area (Å²) in [5.41, 5.74) is 1.51. The van der Waals surface area contributed by atoms with Gasteiger partial charge in [-0.2, -0.15) is 0 Å². The van der Waals surface area contributed by atoms with Crippen molar-refractivity contribution in [2.24, 2.45) is 5.92 Å². The van der Waals surface area contributed by atoms with Gasteiger partial charge in [0.15, 0.2) is 0 Å². The van der Waals surface area contributed by atoms with Gasteiger partial charge in [0, 0.05) is 31.6 Å². The summed E-state index contributed by atoms with van der Waals surface area (Å²) < 4.78 is 4.91. The minimum Gasteiger partial charge on any atom is -0.356 e. The molecule has 0 spiro atoms. The number of unbranched alkanes of at least 4 members (excludes halogenated alkanes) is 1. The SMILES string of the molecule is CCCCNC(=O)C1CCCN(C(=O)CCc2c(C)noc2Cl)C1. The molecule has 1 aromatic heterocycles. The maximum Gasteiger partial charge on any atom is 0.229 e. The fourth-order valence-corrected chi connectivity index (χ4v) is 3.25. The number of likely N-dealkylation sites (tertiary alicyclic amines) is 1. The number of halogens is 1. The van der Waals surface area contributed by atoms with Crippen LogP contribution in [0.15, 0.2) is 4.52 Å². The third-order valence-electron chi connectivity index (χ3n) is 4.50. The first-order valence-electron chi connectivity index (χ1n) is 8.69. The van der Waals surface area contributed by atoms with Gasteiger partial charge < -0.3 is 14.7 Å². The van der Waals surface area contributed by atoms with Crippen molar-refractivity contribution in [3.8, 4) is 0 Å². The summed E-state index contributed by atoms with van der Waals surface area (Å²) in [7, 11) is 0. The Kier molecular flexibility index (Phi) is 7.09. The zero-order valence-electron chi connectivity index (χ0n) is 14.4. The molecule has 0 aromatic carbocycles. The second-order valence-corrected chi connectivity index (χ2v) is 6.69. The highest BCUT2D eigenvalue weighted by molar-refractivity contribution is 6.29. The number of carbonyl (C=O) groups excluding carboxylic acids is 2. The first-order chi connectivity index (χ1) is 11.5.